The molecule has 0 bridgehead atoms. The zero-order valence-electron chi connectivity index (χ0n) is 20.8. The predicted molar refractivity (Wildman–Crippen MR) is 139 cm³/mol. The molecule has 10 heteroatoms. The molecule has 1 N–H and O–H groups in total. The van der Waals surface area contributed by atoms with Crippen LogP contribution in [0.2, 0.25) is 0 Å². The van der Waals surface area contributed by atoms with Gasteiger partial charge in [0.25, 0.3) is 5.91 Å². The fourth-order valence-corrected chi connectivity index (χ4v) is 6.24. The summed E-state index contributed by atoms with van der Waals surface area (Å²) in [6.07, 6.45) is -3.40. The highest BCUT2D eigenvalue weighted by Crippen LogP contribution is 2.49. The number of halogens is 3. The second kappa shape index (κ2) is 9.48. The lowest BCUT2D eigenvalue weighted by Crippen LogP contribution is -2.60. The molecule has 0 saturated heterocycles. The second-order valence-corrected chi connectivity index (χ2v) is 10.6. The number of rotatable bonds is 2. The van der Waals surface area contributed by atoms with Crippen molar-refractivity contribution in [3.8, 4) is 17.6 Å². The molecule has 0 fully saturated rings. The molecule has 2 aliphatic heterocycles. The van der Waals surface area contributed by atoms with E-state index in [4.69, 9.17) is 0 Å². The molecule has 0 spiro atoms. The molecule has 6 nitrogen and oxygen atoms in total. The standard InChI is InChI=1S/C28H24F3N3O3S/c1-4-8-18-9-7-11-19-16(2)38-22-12-6-5-10-20(22)24(23(18)19)34-15-32(17(3)28(29,30)31)27(37)25-26(36)21(35)13-14-33(25)34/h5-7,9-14,16-17,24,36H,15H2,1-3H3/t16?,17-,24-/m1/s1. The van der Waals surface area contributed by atoms with Crippen molar-refractivity contribution in [3.63, 3.8) is 0 Å². The number of aromatic nitrogens is 1. The lowest BCUT2D eigenvalue weighted by Gasteiger charge is -2.46. The number of aromatic hydroxyl groups is 1. The normalized spacial score (nSPS) is 19.5. The van der Waals surface area contributed by atoms with E-state index in [-0.39, 0.29) is 5.25 Å². The average Bonchev–Trinajstić information content (AvgIpc) is 3.00. The average molecular weight is 540 g/mol. The van der Waals surface area contributed by atoms with Crippen molar-refractivity contribution in [2.75, 3.05) is 11.7 Å². The lowest BCUT2D eigenvalue weighted by molar-refractivity contribution is -0.173. The van der Waals surface area contributed by atoms with Crippen molar-refractivity contribution in [2.45, 2.75) is 49.2 Å². The van der Waals surface area contributed by atoms with Gasteiger partial charge in [-0.3, -0.25) is 19.3 Å². The highest BCUT2D eigenvalue weighted by atomic mass is 32.2. The lowest BCUT2D eigenvalue weighted by atomic mass is 9.88. The Morgan fingerprint density at radius 2 is 1.79 bits per heavy atom. The Morgan fingerprint density at radius 1 is 1.08 bits per heavy atom. The fourth-order valence-electron chi connectivity index (χ4n) is 5.06. The molecule has 3 heterocycles. The molecule has 1 unspecified atom stereocenters. The Morgan fingerprint density at radius 3 is 2.50 bits per heavy atom. The molecule has 2 aliphatic rings. The van der Waals surface area contributed by atoms with E-state index in [2.05, 4.69) is 18.8 Å². The summed E-state index contributed by atoms with van der Waals surface area (Å²) in [6.45, 7) is 4.21. The number of hydrogen-bond acceptors (Lipinski definition) is 5. The van der Waals surface area contributed by atoms with Crippen LogP contribution in [-0.2, 0) is 0 Å². The van der Waals surface area contributed by atoms with Gasteiger partial charge < -0.3 is 10.0 Å². The number of benzene rings is 2. The van der Waals surface area contributed by atoms with Gasteiger partial charge in [0.2, 0.25) is 5.43 Å². The van der Waals surface area contributed by atoms with Crippen molar-refractivity contribution in [1.29, 1.82) is 0 Å². The van der Waals surface area contributed by atoms with E-state index in [9.17, 15) is 27.9 Å². The van der Waals surface area contributed by atoms with Crippen LogP contribution >= 0.6 is 11.8 Å². The van der Waals surface area contributed by atoms with Crippen LogP contribution < -0.4 is 10.4 Å². The number of carbonyl (C=O) groups is 1. The molecule has 3 atom stereocenters. The van der Waals surface area contributed by atoms with E-state index in [0.29, 0.717) is 10.5 Å². The van der Waals surface area contributed by atoms with Gasteiger partial charge in [-0.2, -0.15) is 13.2 Å². The number of nitrogens with zero attached hydrogens (tertiary/aromatic N) is 3. The Bertz CT molecular complexity index is 1560. The Labute approximate surface area is 221 Å². The number of carbonyl (C=O) groups excluding carboxylic acids is 1. The van der Waals surface area contributed by atoms with Gasteiger partial charge in [0.15, 0.2) is 11.4 Å². The first kappa shape index (κ1) is 25.8. The second-order valence-electron chi connectivity index (χ2n) is 9.18. The van der Waals surface area contributed by atoms with Gasteiger partial charge in [0.05, 0.1) is 0 Å². The van der Waals surface area contributed by atoms with Crippen molar-refractivity contribution >= 4 is 17.7 Å². The minimum Gasteiger partial charge on any atom is -0.502 e. The molecule has 5 rings (SSSR count). The molecular weight excluding hydrogens is 515 g/mol. The predicted octanol–water partition coefficient (Wildman–Crippen LogP) is 5.18. The first-order valence-corrected chi connectivity index (χ1v) is 12.8. The number of pyridine rings is 1. The summed E-state index contributed by atoms with van der Waals surface area (Å²) in [6, 6.07) is 11.6. The van der Waals surface area contributed by atoms with Gasteiger partial charge in [-0.1, -0.05) is 36.3 Å². The highest BCUT2D eigenvalue weighted by molar-refractivity contribution is 7.99. The number of hydrogen-bond donors (Lipinski definition) is 1. The van der Waals surface area contributed by atoms with Crippen molar-refractivity contribution in [2.24, 2.45) is 0 Å². The van der Waals surface area contributed by atoms with Crippen molar-refractivity contribution < 1.29 is 23.1 Å². The monoisotopic (exact) mass is 539 g/mol. The van der Waals surface area contributed by atoms with Crippen LogP contribution in [0.4, 0.5) is 13.2 Å². The summed E-state index contributed by atoms with van der Waals surface area (Å²) < 4.78 is 43.1. The SMILES string of the molecule is CC#Cc1cccc2c1[C@H](N1CN([C@H](C)C(F)(F)F)C(=O)c3c(O)c(=O)ccn31)c1ccccc1SC2C. The summed E-state index contributed by atoms with van der Waals surface area (Å²) in [7, 11) is 0. The van der Waals surface area contributed by atoms with Gasteiger partial charge in [0, 0.05) is 33.5 Å². The third kappa shape index (κ3) is 4.11. The van der Waals surface area contributed by atoms with Crippen LogP contribution in [0.15, 0.2) is 64.4 Å². The molecule has 0 radical (unpaired) electrons. The largest absolute Gasteiger partial charge is 0.502 e. The van der Waals surface area contributed by atoms with E-state index in [1.807, 2.05) is 42.5 Å². The highest BCUT2D eigenvalue weighted by Gasteiger charge is 2.48. The minimum atomic E-state index is -4.73. The van der Waals surface area contributed by atoms with Gasteiger partial charge >= 0.3 is 6.18 Å². The van der Waals surface area contributed by atoms with E-state index >= 15 is 0 Å². The van der Waals surface area contributed by atoms with Gasteiger partial charge in [-0.05, 0) is 44.0 Å². The van der Waals surface area contributed by atoms with Crippen LogP contribution in [0.1, 0.15) is 64.8 Å². The van der Waals surface area contributed by atoms with Crippen molar-refractivity contribution in [1.82, 2.24) is 9.58 Å². The number of alkyl halides is 3. The number of amides is 1. The van der Waals surface area contributed by atoms with Gasteiger partial charge in [-0.25, -0.2) is 0 Å². The first-order valence-electron chi connectivity index (χ1n) is 11.9. The summed E-state index contributed by atoms with van der Waals surface area (Å²) in [4.78, 5) is 27.2. The summed E-state index contributed by atoms with van der Waals surface area (Å²) in [5.74, 6) is 4.10. The number of fused-ring (bicyclic) bond motifs is 3. The van der Waals surface area contributed by atoms with E-state index in [1.54, 1.807) is 23.7 Å². The molecule has 196 valence electrons. The van der Waals surface area contributed by atoms with E-state index in [1.165, 1.54) is 10.9 Å². The summed E-state index contributed by atoms with van der Waals surface area (Å²) in [5, 5.41) is 12.2. The molecule has 0 aliphatic carbocycles. The third-order valence-electron chi connectivity index (χ3n) is 6.96. The maximum atomic E-state index is 13.9. The minimum absolute atomic E-state index is 0.00623. The topological polar surface area (TPSA) is 65.8 Å². The first-order chi connectivity index (χ1) is 18.0. The summed E-state index contributed by atoms with van der Waals surface area (Å²) >= 11 is 1.62. The molecule has 1 aromatic heterocycles. The third-order valence-corrected chi connectivity index (χ3v) is 8.19. The molecular formula is C28H24F3N3O3S. The van der Waals surface area contributed by atoms with E-state index in [0.717, 1.165) is 34.6 Å². The van der Waals surface area contributed by atoms with E-state index < -0.39 is 47.7 Å². The zero-order chi connectivity index (χ0) is 27.4. The zero-order valence-corrected chi connectivity index (χ0v) is 21.6. The van der Waals surface area contributed by atoms with Crippen LogP contribution in [0, 0.1) is 11.8 Å². The van der Waals surface area contributed by atoms with Crippen molar-refractivity contribution in [3.05, 3.63) is 92.9 Å². The smallest absolute Gasteiger partial charge is 0.408 e. The van der Waals surface area contributed by atoms with Gasteiger partial charge in [-0.15, -0.1) is 17.7 Å². The van der Waals surface area contributed by atoms with Crippen LogP contribution in [0.3, 0.4) is 0 Å². The van der Waals surface area contributed by atoms with Crippen LogP contribution in [0.5, 0.6) is 5.75 Å². The maximum absolute atomic E-state index is 13.9. The fraction of sp³-hybridized carbons (Fsp3) is 0.286. The number of thioether (sulfide) groups is 1. The van der Waals surface area contributed by atoms with Gasteiger partial charge in [0.1, 0.15) is 18.8 Å². The Balaban J connectivity index is 1.85. The summed E-state index contributed by atoms with van der Waals surface area (Å²) in [5.41, 5.74) is 1.91. The molecule has 3 aromatic rings. The van der Waals surface area contributed by atoms with Crippen LogP contribution in [0.25, 0.3) is 0 Å². The molecule has 0 saturated carbocycles. The Kier molecular flexibility index (Phi) is 6.43. The Hall–Kier alpha value is -3.84. The van der Waals surface area contributed by atoms with Crippen LogP contribution in [-0.4, -0.2) is 39.5 Å². The molecule has 38 heavy (non-hydrogen) atoms. The molecule has 1 amide bonds. The maximum Gasteiger partial charge on any atom is 0.408 e. The quantitative estimate of drug-likeness (QED) is 0.455. The molecule has 2 aromatic carbocycles.